The summed E-state index contributed by atoms with van der Waals surface area (Å²) in [5.41, 5.74) is 3.58. The molecule has 0 saturated carbocycles. The summed E-state index contributed by atoms with van der Waals surface area (Å²) in [6.45, 7) is 0.0734. The van der Waals surface area contributed by atoms with Crippen molar-refractivity contribution in [2.45, 2.75) is 6.61 Å². The summed E-state index contributed by atoms with van der Waals surface area (Å²) in [6, 6.07) is 26.0. The molecule has 6 heteroatoms. The van der Waals surface area contributed by atoms with Gasteiger partial charge in [0.05, 0.1) is 16.3 Å². The van der Waals surface area contributed by atoms with Crippen molar-refractivity contribution >= 4 is 34.8 Å². The summed E-state index contributed by atoms with van der Waals surface area (Å²) in [5, 5.41) is 3.95. The number of para-hydroxylation sites is 1. The van der Waals surface area contributed by atoms with E-state index in [1.807, 2.05) is 54.6 Å². The van der Waals surface area contributed by atoms with E-state index in [-0.39, 0.29) is 12.5 Å². The molecule has 1 N–H and O–H groups in total. The predicted octanol–water partition coefficient (Wildman–Crippen LogP) is 6.89. The Labute approximate surface area is 190 Å². The molecular weight excluding hydrogens is 431 g/mol. The quantitative estimate of drug-likeness (QED) is 0.349. The van der Waals surface area contributed by atoms with Gasteiger partial charge in [0.1, 0.15) is 12.4 Å². The zero-order valence-corrected chi connectivity index (χ0v) is 17.9. The molecule has 4 nitrogen and oxygen atoms in total. The first-order valence-electron chi connectivity index (χ1n) is 9.59. The SMILES string of the molecule is O=C(Nc1ccccc1-c1ccccc1)c1cccnc1COc1cc(Cl)ccc1Cl. The van der Waals surface area contributed by atoms with Crippen LogP contribution in [0.1, 0.15) is 16.1 Å². The molecule has 4 aromatic rings. The smallest absolute Gasteiger partial charge is 0.257 e. The van der Waals surface area contributed by atoms with E-state index >= 15 is 0 Å². The highest BCUT2D eigenvalue weighted by molar-refractivity contribution is 6.34. The first-order valence-corrected chi connectivity index (χ1v) is 10.3. The number of halogens is 2. The number of carbonyl (C=O) groups is 1. The van der Waals surface area contributed by atoms with Crippen molar-refractivity contribution in [3.63, 3.8) is 0 Å². The van der Waals surface area contributed by atoms with Crippen molar-refractivity contribution in [2.75, 3.05) is 5.32 Å². The van der Waals surface area contributed by atoms with Crippen molar-refractivity contribution < 1.29 is 9.53 Å². The number of aromatic nitrogens is 1. The van der Waals surface area contributed by atoms with E-state index in [0.29, 0.717) is 32.7 Å². The van der Waals surface area contributed by atoms with Gasteiger partial charge in [-0.3, -0.25) is 9.78 Å². The Morgan fingerprint density at radius 3 is 2.52 bits per heavy atom. The Hall–Kier alpha value is -3.34. The molecule has 4 rings (SSSR count). The second kappa shape index (κ2) is 9.65. The maximum Gasteiger partial charge on any atom is 0.257 e. The molecule has 3 aromatic carbocycles. The topological polar surface area (TPSA) is 51.2 Å². The van der Waals surface area contributed by atoms with Gasteiger partial charge in [-0.15, -0.1) is 0 Å². The Bertz CT molecular complexity index is 1210. The van der Waals surface area contributed by atoms with Crippen LogP contribution < -0.4 is 10.1 Å². The molecule has 0 spiro atoms. The minimum atomic E-state index is -0.271. The third kappa shape index (κ3) is 5.05. The van der Waals surface area contributed by atoms with Gasteiger partial charge in [-0.05, 0) is 35.9 Å². The molecule has 0 saturated heterocycles. The Morgan fingerprint density at radius 2 is 1.68 bits per heavy atom. The molecule has 1 amide bonds. The van der Waals surface area contributed by atoms with Gasteiger partial charge < -0.3 is 10.1 Å². The number of anilines is 1. The number of carbonyl (C=O) groups excluding carboxylic acids is 1. The zero-order chi connectivity index (χ0) is 21.6. The van der Waals surface area contributed by atoms with Crippen LogP contribution in [-0.2, 0) is 6.61 Å². The minimum Gasteiger partial charge on any atom is -0.486 e. The number of pyridine rings is 1. The van der Waals surface area contributed by atoms with Gasteiger partial charge in [-0.2, -0.15) is 0 Å². The van der Waals surface area contributed by atoms with E-state index in [0.717, 1.165) is 11.1 Å². The number of benzene rings is 3. The normalized spacial score (nSPS) is 10.5. The lowest BCUT2D eigenvalue weighted by Gasteiger charge is -2.14. The number of nitrogens with zero attached hydrogens (tertiary/aromatic N) is 1. The Morgan fingerprint density at radius 1 is 0.903 bits per heavy atom. The van der Waals surface area contributed by atoms with Gasteiger partial charge >= 0.3 is 0 Å². The van der Waals surface area contributed by atoms with Crippen molar-refractivity contribution in [1.82, 2.24) is 4.98 Å². The first kappa shape index (κ1) is 20.9. The number of rotatable bonds is 6. The van der Waals surface area contributed by atoms with Gasteiger partial charge in [0.2, 0.25) is 0 Å². The van der Waals surface area contributed by atoms with E-state index in [2.05, 4.69) is 10.3 Å². The average molecular weight is 449 g/mol. The van der Waals surface area contributed by atoms with Crippen molar-refractivity contribution in [3.05, 3.63) is 112 Å². The third-order valence-electron chi connectivity index (χ3n) is 4.65. The van der Waals surface area contributed by atoms with Crippen LogP contribution in [0.5, 0.6) is 5.75 Å². The average Bonchev–Trinajstić information content (AvgIpc) is 2.81. The van der Waals surface area contributed by atoms with Gasteiger partial charge in [-0.1, -0.05) is 71.7 Å². The van der Waals surface area contributed by atoms with Crippen molar-refractivity contribution in [2.24, 2.45) is 0 Å². The molecule has 154 valence electrons. The fraction of sp³-hybridized carbons (Fsp3) is 0.0400. The van der Waals surface area contributed by atoms with Gasteiger partial charge in [0, 0.05) is 28.5 Å². The summed E-state index contributed by atoms with van der Waals surface area (Å²) in [7, 11) is 0. The van der Waals surface area contributed by atoms with Gasteiger partial charge in [-0.25, -0.2) is 0 Å². The standard InChI is InChI=1S/C25H18Cl2N2O2/c26-18-12-13-21(27)24(15-18)31-16-23-20(10-6-14-28-23)25(30)29-22-11-5-4-9-19(22)17-7-2-1-3-8-17/h1-15H,16H2,(H,29,30). The predicted molar refractivity (Wildman–Crippen MR) is 125 cm³/mol. The monoisotopic (exact) mass is 448 g/mol. The molecule has 0 atom stereocenters. The molecular formula is C25H18Cl2N2O2. The number of nitrogens with one attached hydrogen (secondary N) is 1. The fourth-order valence-corrected chi connectivity index (χ4v) is 3.48. The molecule has 0 fully saturated rings. The molecule has 1 heterocycles. The van der Waals surface area contributed by atoms with Crippen LogP contribution in [0, 0.1) is 0 Å². The third-order valence-corrected chi connectivity index (χ3v) is 5.20. The van der Waals surface area contributed by atoms with Gasteiger partial charge in [0.25, 0.3) is 5.91 Å². The molecule has 0 bridgehead atoms. The number of ether oxygens (including phenoxy) is 1. The van der Waals surface area contributed by atoms with Crippen molar-refractivity contribution in [3.8, 4) is 16.9 Å². The van der Waals surface area contributed by atoms with Crippen LogP contribution in [0.4, 0.5) is 5.69 Å². The molecule has 0 radical (unpaired) electrons. The lowest BCUT2D eigenvalue weighted by Crippen LogP contribution is -2.16. The van der Waals surface area contributed by atoms with Crippen LogP contribution in [-0.4, -0.2) is 10.9 Å². The van der Waals surface area contributed by atoms with Crippen LogP contribution in [0.3, 0.4) is 0 Å². The second-order valence-corrected chi connectivity index (χ2v) is 7.57. The van der Waals surface area contributed by atoms with E-state index in [4.69, 9.17) is 27.9 Å². The van der Waals surface area contributed by atoms with Crippen LogP contribution >= 0.6 is 23.2 Å². The minimum absolute atomic E-state index is 0.0734. The lowest BCUT2D eigenvalue weighted by molar-refractivity contribution is 0.102. The highest BCUT2D eigenvalue weighted by Gasteiger charge is 2.15. The van der Waals surface area contributed by atoms with E-state index < -0.39 is 0 Å². The second-order valence-electron chi connectivity index (χ2n) is 6.73. The molecule has 0 unspecified atom stereocenters. The number of hydrogen-bond acceptors (Lipinski definition) is 3. The highest BCUT2D eigenvalue weighted by Crippen LogP contribution is 2.30. The largest absolute Gasteiger partial charge is 0.486 e. The maximum atomic E-state index is 13.1. The van der Waals surface area contributed by atoms with E-state index in [1.54, 1.807) is 36.5 Å². The Kier molecular flexibility index (Phi) is 6.51. The highest BCUT2D eigenvalue weighted by atomic mass is 35.5. The molecule has 0 aliphatic rings. The number of hydrogen-bond donors (Lipinski definition) is 1. The van der Waals surface area contributed by atoms with Crippen LogP contribution in [0.15, 0.2) is 91.1 Å². The zero-order valence-electron chi connectivity index (χ0n) is 16.4. The van der Waals surface area contributed by atoms with Gasteiger partial charge in [0.15, 0.2) is 0 Å². The summed E-state index contributed by atoms with van der Waals surface area (Å²) < 4.78 is 5.78. The Balaban J connectivity index is 1.56. The molecule has 0 aliphatic carbocycles. The summed E-state index contributed by atoms with van der Waals surface area (Å²) in [4.78, 5) is 17.4. The molecule has 1 aromatic heterocycles. The van der Waals surface area contributed by atoms with Crippen LogP contribution in [0.2, 0.25) is 10.0 Å². The fourth-order valence-electron chi connectivity index (χ4n) is 3.14. The summed E-state index contributed by atoms with van der Waals surface area (Å²) >= 11 is 12.2. The van der Waals surface area contributed by atoms with E-state index in [9.17, 15) is 4.79 Å². The maximum absolute atomic E-state index is 13.1. The summed E-state index contributed by atoms with van der Waals surface area (Å²) in [5.74, 6) is 0.160. The van der Waals surface area contributed by atoms with Crippen LogP contribution in [0.25, 0.3) is 11.1 Å². The summed E-state index contributed by atoms with van der Waals surface area (Å²) in [6.07, 6.45) is 1.62. The first-order chi connectivity index (χ1) is 15.1. The van der Waals surface area contributed by atoms with E-state index in [1.165, 1.54) is 0 Å². The molecule has 0 aliphatic heterocycles. The molecule has 31 heavy (non-hydrogen) atoms. The lowest BCUT2D eigenvalue weighted by atomic mass is 10.0. The van der Waals surface area contributed by atoms with Crippen molar-refractivity contribution in [1.29, 1.82) is 0 Å². The number of amides is 1.